The number of halogens is 1. The maximum atomic E-state index is 12.5. The molecule has 0 amide bonds. The van der Waals surface area contributed by atoms with Gasteiger partial charge in [-0.1, -0.05) is 46.6 Å². The summed E-state index contributed by atoms with van der Waals surface area (Å²) in [7, 11) is -3.50. The van der Waals surface area contributed by atoms with Gasteiger partial charge in [0.1, 0.15) is 6.29 Å². The molecule has 1 aliphatic rings. The summed E-state index contributed by atoms with van der Waals surface area (Å²) in [5, 5.41) is 0. The smallest absolute Gasteiger partial charge is 0.240 e. The van der Waals surface area contributed by atoms with Crippen LogP contribution >= 0.6 is 15.9 Å². The van der Waals surface area contributed by atoms with E-state index in [9.17, 15) is 13.2 Å². The average molecular weight is 436 g/mol. The standard InChI is InChI=1S/C20H22BrNO3S/c21-18-6-8-19(9-7-18)26(24,25)22-15-20(11-1-12-20)14-17-4-2-16(3-5-17)10-13-23/h2-9,13,22H,1,10-12,14-15H2. The zero-order valence-corrected chi connectivity index (χ0v) is 16.9. The summed E-state index contributed by atoms with van der Waals surface area (Å²) in [6.45, 7) is 0.446. The summed E-state index contributed by atoms with van der Waals surface area (Å²) >= 11 is 3.32. The number of sulfonamides is 1. The van der Waals surface area contributed by atoms with E-state index < -0.39 is 10.0 Å². The van der Waals surface area contributed by atoms with Crippen LogP contribution in [0.4, 0.5) is 0 Å². The van der Waals surface area contributed by atoms with Crippen LogP contribution in [0.25, 0.3) is 0 Å². The normalized spacial score (nSPS) is 16.0. The van der Waals surface area contributed by atoms with E-state index in [1.807, 2.05) is 24.3 Å². The molecule has 6 heteroatoms. The lowest BCUT2D eigenvalue weighted by Gasteiger charge is -2.42. The Morgan fingerprint density at radius 1 is 1.00 bits per heavy atom. The highest BCUT2D eigenvalue weighted by molar-refractivity contribution is 9.10. The molecule has 1 saturated carbocycles. The highest BCUT2D eigenvalue weighted by Gasteiger charge is 2.38. The van der Waals surface area contributed by atoms with Gasteiger partial charge < -0.3 is 4.79 Å². The van der Waals surface area contributed by atoms with E-state index in [-0.39, 0.29) is 10.3 Å². The van der Waals surface area contributed by atoms with Gasteiger partial charge in [-0.15, -0.1) is 0 Å². The van der Waals surface area contributed by atoms with Gasteiger partial charge in [-0.05, 0) is 60.1 Å². The van der Waals surface area contributed by atoms with Crippen LogP contribution in [-0.4, -0.2) is 21.2 Å². The fourth-order valence-electron chi connectivity index (χ4n) is 3.36. The fraction of sp³-hybridized carbons (Fsp3) is 0.350. The maximum absolute atomic E-state index is 12.5. The van der Waals surface area contributed by atoms with Gasteiger partial charge in [0.2, 0.25) is 10.0 Å². The number of benzene rings is 2. The van der Waals surface area contributed by atoms with E-state index >= 15 is 0 Å². The second-order valence-electron chi connectivity index (χ2n) is 7.00. The molecule has 0 unspecified atom stereocenters. The number of hydrogen-bond donors (Lipinski definition) is 1. The Hall–Kier alpha value is -1.50. The number of carbonyl (C=O) groups excluding carboxylic acids is 1. The number of carbonyl (C=O) groups is 1. The quantitative estimate of drug-likeness (QED) is 0.639. The van der Waals surface area contributed by atoms with Gasteiger partial charge >= 0.3 is 0 Å². The zero-order valence-electron chi connectivity index (χ0n) is 14.4. The van der Waals surface area contributed by atoms with Crippen LogP contribution in [0.5, 0.6) is 0 Å². The van der Waals surface area contributed by atoms with Gasteiger partial charge in [0.15, 0.2) is 0 Å². The van der Waals surface area contributed by atoms with Gasteiger partial charge in [0.25, 0.3) is 0 Å². The average Bonchev–Trinajstić information content (AvgIpc) is 2.59. The summed E-state index contributed by atoms with van der Waals surface area (Å²) in [5.41, 5.74) is 2.17. The number of aldehydes is 1. The van der Waals surface area contributed by atoms with Crippen molar-refractivity contribution < 1.29 is 13.2 Å². The molecular weight excluding hydrogens is 414 g/mol. The molecule has 0 aliphatic heterocycles. The zero-order chi connectivity index (χ0) is 18.6. The summed E-state index contributed by atoms with van der Waals surface area (Å²) in [4.78, 5) is 10.9. The van der Waals surface area contributed by atoms with Crippen LogP contribution in [0.3, 0.4) is 0 Å². The highest BCUT2D eigenvalue weighted by Crippen LogP contribution is 2.43. The summed E-state index contributed by atoms with van der Waals surface area (Å²) in [6, 6.07) is 14.7. The SMILES string of the molecule is O=CCc1ccc(CC2(CNS(=O)(=O)c3ccc(Br)cc3)CCC2)cc1. The largest absolute Gasteiger partial charge is 0.303 e. The molecule has 0 bridgehead atoms. The lowest BCUT2D eigenvalue weighted by atomic mass is 9.65. The Labute approximate surface area is 163 Å². The van der Waals surface area contributed by atoms with E-state index in [1.165, 1.54) is 5.56 Å². The van der Waals surface area contributed by atoms with Crippen LogP contribution in [0.2, 0.25) is 0 Å². The first kappa shape index (κ1) is 19.3. The molecule has 1 aliphatic carbocycles. The van der Waals surface area contributed by atoms with E-state index in [4.69, 9.17) is 0 Å². The van der Waals surface area contributed by atoms with Gasteiger partial charge in [0.05, 0.1) is 4.90 Å². The van der Waals surface area contributed by atoms with Crippen molar-refractivity contribution in [2.75, 3.05) is 6.54 Å². The van der Waals surface area contributed by atoms with Crippen LogP contribution in [0, 0.1) is 5.41 Å². The van der Waals surface area contributed by atoms with Crippen molar-refractivity contribution in [2.24, 2.45) is 5.41 Å². The minimum atomic E-state index is -3.50. The van der Waals surface area contributed by atoms with E-state index in [0.29, 0.717) is 13.0 Å². The van der Waals surface area contributed by atoms with Crippen molar-refractivity contribution in [3.05, 3.63) is 64.1 Å². The fourth-order valence-corrected chi connectivity index (χ4v) is 4.78. The minimum absolute atomic E-state index is 0.0192. The van der Waals surface area contributed by atoms with E-state index in [2.05, 4.69) is 20.7 Å². The van der Waals surface area contributed by atoms with Gasteiger partial charge in [-0.2, -0.15) is 0 Å². The van der Waals surface area contributed by atoms with Crippen molar-refractivity contribution in [1.82, 2.24) is 4.72 Å². The van der Waals surface area contributed by atoms with Crippen LogP contribution < -0.4 is 4.72 Å². The lowest BCUT2D eigenvalue weighted by Crippen LogP contribution is -2.43. The summed E-state index contributed by atoms with van der Waals surface area (Å²) in [5.74, 6) is 0. The molecule has 4 nitrogen and oxygen atoms in total. The second kappa shape index (κ2) is 8.03. The first-order chi connectivity index (χ1) is 12.4. The molecule has 0 atom stereocenters. The first-order valence-electron chi connectivity index (χ1n) is 8.69. The minimum Gasteiger partial charge on any atom is -0.303 e. The van der Waals surface area contributed by atoms with Crippen LogP contribution in [0.1, 0.15) is 30.4 Å². The molecule has 0 radical (unpaired) electrons. The molecule has 3 rings (SSSR count). The third kappa shape index (κ3) is 4.61. The van der Waals surface area contributed by atoms with Crippen molar-refractivity contribution in [2.45, 2.75) is 37.0 Å². The Morgan fingerprint density at radius 3 is 2.15 bits per heavy atom. The molecule has 1 fully saturated rings. The summed E-state index contributed by atoms with van der Waals surface area (Å²) in [6.07, 6.45) is 5.34. The number of nitrogens with one attached hydrogen (secondary N) is 1. The molecule has 2 aromatic rings. The lowest BCUT2D eigenvalue weighted by molar-refractivity contribution is -0.107. The molecule has 0 saturated heterocycles. The molecule has 0 aromatic heterocycles. The third-order valence-electron chi connectivity index (χ3n) is 5.10. The predicted molar refractivity (Wildman–Crippen MR) is 106 cm³/mol. The molecule has 2 aromatic carbocycles. The molecule has 26 heavy (non-hydrogen) atoms. The van der Waals surface area contributed by atoms with Gasteiger partial charge in [0, 0.05) is 17.4 Å². The van der Waals surface area contributed by atoms with Gasteiger partial charge in [-0.25, -0.2) is 13.1 Å². The second-order valence-corrected chi connectivity index (χ2v) is 9.68. The van der Waals surface area contributed by atoms with Crippen LogP contribution in [0.15, 0.2) is 57.9 Å². The van der Waals surface area contributed by atoms with Crippen molar-refractivity contribution in [1.29, 1.82) is 0 Å². The third-order valence-corrected chi connectivity index (χ3v) is 7.04. The topological polar surface area (TPSA) is 63.2 Å². The van der Waals surface area contributed by atoms with Gasteiger partial charge in [-0.3, -0.25) is 0 Å². The highest BCUT2D eigenvalue weighted by atomic mass is 79.9. The van der Waals surface area contributed by atoms with Crippen molar-refractivity contribution in [3.63, 3.8) is 0 Å². The van der Waals surface area contributed by atoms with E-state index in [0.717, 1.165) is 42.0 Å². The van der Waals surface area contributed by atoms with Crippen LogP contribution in [-0.2, 0) is 27.7 Å². The predicted octanol–water partition coefficient (Wildman–Crippen LogP) is 3.88. The Kier molecular flexibility index (Phi) is 5.95. The van der Waals surface area contributed by atoms with E-state index in [1.54, 1.807) is 24.3 Å². The van der Waals surface area contributed by atoms with Crippen molar-refractivity contribution >= 4 is 32.2 Å². The molecule has 0 spiro atoms. The summed E-state index contributed by atoms with van der Waals surface area (Å²) < 4.78 is 28.7. The Bertz CT molecular complexity index is 857. The first-order valence-corrected chi connectivity index (χ1v) is 11.0. The number of hydrogen-bond acceptors (Lipinski definition) is 3. The molecule has 0 heterocycles. The monoisotopic (exact) mass is 435 g/mol. The Balaban J connectivity index is 1.66. The maximum Gasteiger partial charge on any atom is 0.240 e. The molecular formula is C20H22BrNO3S. The number of rotatable bonds is 8. The molecule has 1 N–H and O–H groups in total. The Morgan fingerprint density at radius 2 is 1.62 bits per heavy atom. The van der Waals surface area contributed by atoms with Crippen molar-refractivity contribution in [3.8, 4) is 0 Å². The molecule has 138 valence electrons.